The average molecular weight is 369 g/mol. The van der Waals surface area contributed by atoms with Crippen LogP contribution in [0.5, 0.6) is 0 Å². The Labute approximate surface area is 154 Å². The van der Waals surface area contributed by atoms with Gasteiger partial charge in [-0.3, -0.25) is 4.79 Å². The van der Waals surface area contributed by atoms with Gasteiger partial charge in [0.25, 0.3) is 5.91 Å². The van der Waals surface area contributed by atoms with Gasteiger partial charge < -0.3 is 9.42 Å². The van der Waals surface area contributed by atoms with Crippen molar-refractivity contribution in [3.05, 3.63) is 71.6 Å². The molecule has 0 spiro atoms. The van der Waals surface area contributed by atoms with Gasteiger partial charge in [0, 0.05) is 18.7 Å². The summed E-state index contributed by atoms with van der Waals surface area (Å²) in [4.78, 5) is 18.7. The Morgan fingerprint density at radius 3 is 2.67 bits per heavy atom. The number of aromatic nitrogens is 2. The van der Waals surface area contributed by atoms with Crippen LogP contribution in [0.3, 0.4) is 0 Å². The van der Waals surface area contributed by atoms with Crippen LogP contribution in [0.25, 0.3) is 11.4 Å². The van der Waals surface area contributed by atoms with E-state index < -0.39 is 5.82 Å². The second-order valence-electron chi connectivity index (χ2n) is 6.53. The maximum atomic E-state index is 13.9. The number of carbonyl (C=O) groups excluding carboxylic acids is 1. The van der Waals surface area contributed by atoms with Crippen LogP contribution in [0.4, 0.5) is 8.78 Å². The average Bonchev–Trinajstić information content (AvgIpc) is 3.19. The zero-order valence-electron chi connectivity index (χ0n) is 14.4. The molecule has 0 radical (unpaired) electrons. The summed E-state index contributed by atoms with van der Waals surface area (Å²) in [6.07, 6.45) is 1.56. The van der Waals surface area contributed by atoms with Crippen molar-refractivity contribution in [3.63, 3.8) is 0 Å². The second kappa shape index (κ2) is 7.26. The molecular formula is C20H17F2N3O2. The molecule has 1 aliphatic rings. The number of benzene rings is 2. The molecule has 1 aromatic heterocycles. The Kier molecular flexibility index (Phi) is 4.66. The summed E-state index contributed by atoms with van der Waals surface area (Å²) < 4.78 is 32.4. The molecule has 27 heavy (non-hydrogen) atoms. The van der Waals surface area contributed by atoms with Gasteiger partial charge in [-0.1, -0.05) is 17.3 Å². The summed E-state index contributed by atoms with van der Waals surface area (Å²) in [5, 5.41) is 3.96. The van der Waals surface area contributed by atoms with E-state index in [0.717, 1.165) is 12.8 Å². The van der Waals surface area contributed by atoms with Gasteiger partial charge in [0.2, 0.25) is 11.7 Å². The molecule has 1 fully saturated rings. The van der Waals surface area contributed by atoms with Crippen LogP contribution in [-0.2, 0) is 0 Å². The molecule has 2 aromatic carbocycles. The smallest absolute Gasteiger partial charge is 0.256 e. The quantitative estimate of drug-likeness (QED) is 0.699. The Hall–Kier alpha value is -3.09. The van der Waals surface area contributed by atoms with Crippen molar-refractivity contribution < 1.29 is 18.1 Å². The SMILES string of the molecule is O=C(c1ccccc1F)N1CCCC(c2nc(-c3ccc(F)cc3)no2)C1. The molecule has 7 heteroatoms. The Balaban J connectivity index is 1.51. The van der Waals surface area contributed by atoms with E-state index in [9.17, 15) is 13.6 Å². The lowest BCUT2D eigenvalue weighted by molar-refractivity contribution is 0.0691. The third-order valence-electron chi connectivity index (χ3n) is 4.71. The van der Waals surface area contributed by atoms with E-state index in [1.807, 2.05) is 0 Å². The predicted molar refractivity (Wildman–Crippen MR) is 94.0 cm³/mol. The van der Waals surface area contributed by atoms with Crippen LogP contribution < -0.4 is 0 Å². The fourth-order valence-corrected chi connectivity index (χ4v) is 3.29. The number of rotatable bonds is 3. The van der Waals surface area contributed by atoms with E-state index in [4.69, 9.17) is 4.52 Å². The molecular weight excluding hydrogens is 352 g/mol. The Bertz CT molecular complexity index is 956. The van der Waals surface area contributed by atoms with Crippen LogP contribution >= 0.6 is 0 Å². The lowest BCUT2D eigenvalue weighted by Gasteiger charge is -2.31. The first kappa shape index (κ1) is 17.3. The van der Waals surface area contributed by atoms with Crippen LogP contribution in [0.2, 0.25) is 0 Å². The molecule has 0 bridgehead atoms. The Morgan fingerprint density at radius 1 is 1.11 bits per heavy atom. The second-order valence-corrected chi connectivity index (χ2v) is 6.53. The molecule has 0 saturated carbocycles. The van der Waals surface area contributed by atoms with E-state index in [1.54, 1.807) is 29.2 Å². The highest BCUT2D eigenvalue weighted by molar-refractivity contribution is 5.94. The summed E-state index contributed by atoms with van der Waals surface area (Å²) in [6, 6.07) is 11.8. The van der Waals surface area contributed by atoms with Crippen molar-refractivity contribution in [2.24, 2.45) is 0 Å². The first-order valence-corrected chi connectivity index (χ1v) is 8.75. The van der Waals surface area contributed by atoms with Gasteiger partial charge in [-0.15, -0.1) is 0 Å². The maximum Gasteiger partial charge on any atom is 0.256 e. The number of halogens is 2. The number of carbonyl (C=O) groups is 1. The first-order valence-electron chi connectivity index (χ1n) is 8.75. The van der Waals surface area contributed by atoms with Gasteiger partial charge in [-0.25, -0.2) is 8.78 Å². The number of hydrogen-bond acceptors (Lipinski definition) is 4. The van der Waals surface area contributed by atoms with Crippen molar-refractivity contribution in [2.45, 2.75) is 18.8 Å². The molecule has 1 amide bonds. The highest BCUT2D eigenvalue weighted by atomic mass is 19.1. The van der Waals surface area contributed by atoms with Gasteiger partial charge in [0.1, 0.15) is 11.6 Å². The number of likely N-dealkylation sites (tertiary alicyclic amines) is 1. The van der Waals surface area contributed by atoms with Gasteiger partial charge in [-0.05, 0) is 49.2 Å². The van der Waals surface area contributed by atoms with Gasteiger partial charge in [-0.2, -0.15) is 4.98 Å². The van der Waals surface area contributed by atoms with Crippen LogP contribution in [0, 0.1) is 11.6 Å². The van der Waals surface area contributed by atoms with E-state index in [1.165, 1.54) is 24.3 Å². The lowest BCUT2D eigenvalue weighted by atomic mass is 9.97. The summed E-state index contributed by atoms with van der Waals surface area (Å²) in [5.74, 6) is -0.506. The zero-order chi connectivity index (χ0) is 18.8. The molecule has 1 unspecified atom stereocenters. The topological polar surface area (TPSA) is 59.2 Å². The molecule has 4 rings (SSSR count). The fourth-order valence-electron chi connectivity index (χ4n) is 3.29. The number of piperidine rings is 1. The normalized spacial score (nSPS) is 17.1. The molecule has 0 aliphatic carbocycles. The minimum absolute atomic E-state index is 0.0654. The zero-order valence-corrected chi connectivity index (χ0v) is 14.4. The first-order chi connectivity index (χ1) is 13.1. The summed E-state index contributed by atoms with van der Waals surface area (Å²) >= 11 is 0. The monoisotopic (exact) mass is 369 g/mol. The minimum atomic E-state index is -0.527. The summed E-state index contributed by atoms with van der Waals surface area (Å²) in [6.45, 7) is 0.945. The van der Waals surface area contributed by atoms with Crippen molar-refractivity contribution in [1.29, 1.82) is 0 Å². The maximum absolute atomic E-state index is 13.9. The van der Waals surface area contributed by atoms with E-state index in [2.05, 4.69) is 10.1 Å². The Morgan fingerprint density at radius 2 is 1.89 bits per heavy atom. The van der Waals surface area contributed by atoms with E-state index >= 15 is 0 Å². The molecule has 1 aliphatic heterocycles. The van der Waals surface area contributed by atoms with Crippen LogP contribution in [-0.4, -0.2) is 34.0 Å². The standard InChI is InChI=1S/C20H17F2N3O2/c21-15-9-7-13(8-10-15)18-23-19(27-24-18)14-4-3-11-25(12-14)20(26)16-5-1-2-6-17(16)22/h1-2,5-10,14H,3-4,11-12H2. The van der Waals surface area contributed by atoms with Crippen molar-refractivity contribution in [2.75, 3.05) is 13.1 Å². The number of amides is 1. The third kappa shape index (κ3) is 3.58. The molecule has 1 saturated heterocycles. The van der Waals surface area contributed by atoms with Gasteiger partial charge >= 0.3 is 0 Å². The fraction of sp³-hybridized carbons (Fsp3) is 0.250. The minimum Gasteiger partial charge on any atom is -0.339 e. The molecule has 138 valence electrons. The third-order valence-corrected chi connectivity index (χ3v) is 4.71. The van der Waals surface area contributed by atoms with Gasteiger partial charge in [0.15, 0.2) is 0 Å². The van der Waals surface area contributed by atoms with Crippen LogP contribution in [0.1, 0.15) is 35.0 Å². The number of hydrogen-bond donors (Lipinski definition) is 0. The molecule has 2 heterocycles. The van der Waals surface area contributed by atoms with Crippen molar-refractivity contribution >= 4 is 5.91 Å². The van der Waals surface area contributed by atoms with Crippen molar-refractivity contribution in [3.8, 4) is 11.4 Å². The lowest BCUT2D eigenvalue weighted by Crippen LogP contribution is -2.39. The van der Waals surface area contributed by atoms with E-state index in [-0.39, 0.29) is 23.2 Å². The van der Waals surface area contributed by atoms with Crippen molar-refractivity contribution in [1.82, 2.24) is 15.0 Å². The molecule has 3 aromatic rings. The molecule has 5 nitrogen and oxygen atoms in total. The van der Waals surface area contributed by atoms with E-state index in [0.29, 0.717) is 30.4 Å². The summed E-state index contributed by atoms with van der Waals surface area (Å²) in [5.41, 5.74) is 0.720. The predicted octanol–water partition coefficient (Wildman–Crippen LogP) is 4.03. The van der Waals surface area contributed by atoms with Gasteiger partial charge in [0.05, 0.1) is 11.5 Å². The van der Waals surface area contributed by atoms with Crippen LogP contribution in [0.15, 0.2) is 53.1 Å². The summed E-state index contributed by atoms with van der Waals surface area (Å²) in [7, 11) is 0. The highest BCUT2D eigenvalue weighted by Gasteiger charge is 2.30. The molecule has 0 N–H and O–H groups in total. The highest BCUT2D eigenvalue weighted by Crippen LogP contribution is 2.28. The largest absolute Gasteiger partial charge is 0.339 e. The number of nitrogens with zero attached hydrogens (tertiary/aromatic N) is 3. The molecule has 1 atom stereocenters.